The van der Waals surface area contributed by atoms with Crippen molar-refractivity contribution in [2.24, 2.45) is 5.73 Å². The SMILES string of the molecule is CC(N)c1cc2c(s1)CCOC2. The topological polar surface area (TPSA) is 35.2 Å². The molecule has 2 heterocycles. The smallest absolute Gasteiger partial charge is 0.0727 e. The van der Waals surface area contributed by atoms with E-state index in [4.69, 9.17) is 10.5 Å². The average Bonchev–Trinajstić information content (AvgIpc) is 2.46. The molecule has 3 heteroatoms. The van der Waals surface area contributed by atoms with Crippen molar-refractivity contribution in [3.05, 3.63) is 21.4 Å². The molecule has 1 aliphatic heterocycles. The van der Waals surface area contributed by atoms with Gasteiger partial charge in [0.05, 0.1) is 13.2 Å². The van der Waals surface area contributed by atoms with Crippen LogP contribution in [-0.2, 0) is 17.8 Å². The zero-order valence-corrected chi connectivity index (χ0v) is 7.99. The normalized spacial score (nSPS) is 18.8. The summed E-state index contributed by atoms with van der Waals surface area (Å²) in [6, 6.07) is 2.35. The van der Waals surface area contributed by atoms with Gasteiger partial charge in [0.25, 0.3) is 0 Å². The first kappa shape index (κ1) is 8.23. The van der Waals surface area contributed by atoms with Crippen molar-refractivity contribution >= 4 is 11.3 Å². The van der Waals surface area contributed by atoms with E-state index in [0.29, 0.717) is 0 Å². The molecule has 12 heavy (non-hydrogen) atoms. The van der Waals surface area contributed by atoms with Crippen LogP contribution in [-0.4, -0.2) is 6.61 Å². The summed E-state index contributed by atoms with van der Waals surface area (Å²) in [4.78, 5) is 2.75. The van der Waals surface area contributed by atoms with E-state index in [0.717, 1.165) is 19.6 Å². The molecule has 2 nitrogen and oxygen atoms in total. The Balaban J connectivity index is 2.32. The first-order valence-electron chi connectivity index (χ1n) is 4.22. The maximum Gasteiger partial charge on any atom is 0.0727 e. The first-order valence-corrected chi connectivity index (χ1v) is 5.04. The van der Waals surface area contributed by atoms with Gasteiger partial charge in [0.1, 0.15) is 0 Å². The Kier molecular flexibility index (Phi) is 2.17. The minimum atomic E-state index is 0.167. The molecule has 0 saturated carbocycles. The molecule has 1 aromatic rings. The summed E-state index contributed by atoms with van der Waals surface area (Å²) < 4.78 is 5.35. The quantitative estimate of drug-likeness (QED) is 0.721. The number of nitrogens with two attached hydrogens (primary N) is 1. The summed E-state index contributed by atoms with van der Waals surface area (Å²) in [6.07, 6.45) is 1.06. The van der Waals surface area contributed by atoms with Crippen molar-refractivity contribution < 1.29 is 4.74 Å². The second kappa shape index (κ2) is 3.17. The third-order valence-electron chi connectivity index (χ3n) is 2.10. The van der Waals surface area contributed by atoms with Crippen molar-refractivity contribution in [3.63, 3.8) is 0 Å². The molecule has 1 atom stereocenters. The molecule has 0 fully saturated rings. The number of fused-ring (bicyclic) bond motifs is 1. The second-order valence-corrected chi connectivity index (χ2v) is 4.36. The molecule has 1 aromatic heterocycles. The highest BCUT2D eigenvalue weighted by atomic mass is 32.1. The summed E-state index contributed by atoms with van der Waals surface area (Å²) in [6.45, 7) is 3.67. The minimum Gasteiger partial charge on any atom is -0.376 e. The summed E-state index contributed by atoms with van der Waals surface area (Å²) in [5.41, 5.74) is 7.14. The van der Waals surface area contributed by atoms with Crippen LogP contribution >= 0.6 is 11.3 Å². The number of ether oxygens (including phenoxy) is 1. The molecule has 0 aliphatic carbocycles. The van der Waals surface area contributed by atoms with Gasteiger partial charge in [0.15, 0.2) is 0 Å². The number of thiophene rings is 1. The molecule has 66 valence electrons. The highest BCUT2D eigenvalue weighted by Gasteiger charge is 2.14. The van der Waals surface area contributed by atoms with E-state index in [1.54, 1.807) is 0 Å². The molecule has 2 rings (SSSR count). The molecule has 0 bridgehead atoms. The maximum atomic E-state index is 5.80. The predicted molar refractivity (Wildman–Crippen MR) is 50.3 cm³/mol. The molecule has 0 radical (unpaired) electrons. The van der Waals surface area contributed by atoms with Crippen molar-refractivity contribution in [1.29, 1.82) is 0 Å². The van der Waals surface area contributed by atoms with E-state index >= 15 is 0 Å². The first-order chi connectivity index (χ1) is 5.77. The standard InChI is InChI=1S/C9H13NOS/c1-6(10)9-4-7-5-11-3-2-8(7)12-9/h4,6H,2-3,5,10H2,1H3. The molecule has 1 aliphatic rings. The third-order valence-corrected chi connectivity index (χ3v) is 3.53. The Morgan fingerprint density at radius 2 is 2.50 bits per heavy atom. The highest BCUT2D eigenvalue weighted by molar-refractivity contribution is 7.12. The van der Waals surface area contributed by atoms with E-state index < -0.39 is 0 Å². The van der Waals surface area contributed by atoms with Gasteiger partial charge in [0, 0.05) is 22.2 Å². The fraction of sp³-hybridized carbons (Fsp3) is 0.556. The molecule has 0 amide bonds. The van der Waals surface area contributed by atoms with E-state index in [2.05, 4.69) is 6.07 Å². The van der Waals surface area contributed by atoms with Gasteiger partial charge in [0.2, 0.25) is 0 Å². The van der Waals surface area contributed by atoms with Gasteiger partial charge >= 0.3 is 0 Å². The Bertz CT molecular complexity index is 257. The van der Waals surface area contributed by atoms with E-state index in [-0.39, 0.29) is 6.04 Å². The van der Waals surface area contributed by atoms with Crippen molar-refractivity contribution in [3.8, 4) is 0 Å². The predicted octanol–water partition coefficient (Wildman–Crippen LogP) is 1.84. The van der Waals surface area contributed by atoms with Crippen LogP contribution in [0.4, 0.5) is 0 Å². The van der Waals surface area contributed by atoms with Crippen molar-refractivity contribution in [2.75, 3.05) is 6.61 Å². The Hall–Kier alpha value is -0.380. The van der Waals surface area contributed by atoms with Crippen molar-refractivity contribution in [1.82, 2.24) is 0 Å². The van der Waals surface area contributed by atoms with E-state index in [1.807, 2.05) is 18.3 Å². The van der Waals surface area contributed by atoms with Gasteiger partial charge in [-0.1, -0.05) is 0 Å². The largest absolute Gasteiger partial charge is 0.376 e. The summed E-state index contributed by atoms with van der Waals surface area (Å²) in [5.74, 6) is 0. The molecular formula is C9H13NOS. The lowest BCUT2D eigenvalue weighted by Gasteiger charge is -2.10. The van der Waals surface area contributed by atoms with E-state index in [1.165, 1.54) is 15.3 Å². The highest BCUT2D eigenvalue weighted by Crippen LogP contribution is 2.29. The Morgan fingerprint density at radius 3 is 3.17 bits per heavy atom. The second-order valence-electron chi connectivity index (χ2n) is 3.19. The van der Waals surface area contributed by atoms with Crippen LogP contribution in [0.2, 0.25) is 0 Å². The van der Waals surface area contributed by atoms with Gasteiger partial charge in [-0.2, -0.15) is 0 Å². The monoisotopic (exact) mass is 183 g/mol. The fourth-order valence-corrected chi connectivity index (χ4v) is 2.50. The van der Waals surface area contributed by atoms with Crippen LogP contribution < -0.4 is 5.73 Å². The third kappa shape index (κ3) is 1.40. The van der Waals surface area contributed by atoms with Crippen LogP contribution in [0.5, 0.6) is 0 Å². The number of hydrogen-bond donors (Lipinski definition) is 1. The lowest BCUT2D eigenvalue weighted by Crippen LogP contribution is -2.05. The van der Waals surface area contributed by atoms with Gasteiger partial charge in [-0.15, -0.1) is 11.3 Å². The van der Waals surface area contributed by atoms with Gasteiger partial charge in [-0.25, -0.2) is 0 Å². The average molecular weight is 183 g/mol. The van der Waals surface area contributed by atoms with Crippen LogP contribution in [0.25, 0.3) is 0 Å². The number of rotatable bonds is 1. The fourth-order valence-electron chi connectivity index (χ4n) is 1.39. The molecule has 0 saturated heterocycles. The van der Waals surface area contributed by atoms with Gasteiger partial charge in [-0.05, 0) is 18.6 Å². The van der Waals surface area contributed by atoms with Crippen LogP contribution in [0, 0.1) is 0 Å². The minimum absolute atomic E-state index is 0.167. The van der Waals surface area contributed by atoms with Crippen LogP contribution in [0.15, 0.2) is 6.07 Å². The molecule has 0 spiro atoms. The molecule has 1 unspecified atom stereocenters. The molecule has 2 N–H and O–H groups in total. The van der Waals surface area contributed by atoms with E-state index in [9.17, 15) is 0 Å². The summed E-state index contributed by atoms with van der Waals surface area (Å²) in [5, 5.41) is 0. The van der Waals surface area contributed by atoms with Gasteiger partial charge in [-0.3, -0.25) is 0 Å². The summed E-state index contributed by atoms with van der Waals surface area (Å²) in [7, 11) is 0. The number of hydrogen-bond acceptors (Lipinski definition) is 3. The molecule has 0 aromatic carbocycles. The van der Waals surface area contributed by atoms with Crippen molar-refractivity contribution in [2.45, 2.75) is 26.0 Å². The van der Waals surface area contributed by atoms with Gasteiger partial charge < -0.3 is 10.5 Å². The molecular weight excluding hydrogens is 170 g/mol. The van der Waals surface area contributed by atoms with Crippen LogP contribution in [0.3, 0.4) is 0 Å². The lowest BCUT2D eigenvalue weighted by molar-refractivity contribution is 0.112. The Labute approximate surface area is 76.3 Å². The summed E-state index contributed by atoms with van der Waals surface area (Å²) >= 11 is 1.84. The lowest BCUT2D eigenvalue weighted by atomic mass is 10.1. The zero-order chi connectivity index (χ0) is 8.55. The zero-order valence-electron chi connectivity index (χ0n) is 7.17. The maximum absolute atomic E-state index is 5.80. The van der Waals surface area contributed by atoms with Crippen LogP contribution in [0.1, 0.15) is 28.3 Å². The Morgan fingerprint density at radius 1 is 1.67 bits per heavy atom.